The second kappa shape index (κ2) is 5.95. The molecule has 2 heterocycles. The molecule has 2 aromatic heterocycles. The number of nitro groups is 1. The highest BCUT2D eigenvalue weighted by molar-refractivity contribution is 5.56. The Kier molecular flexibility index (Phi) is 4.08. The zero-order chi connectivity index (χ0) is 14.5. The lowest BCUT2D eigenvalue weighted by Gasteiger charge is -2.07. The fraction of sp³-hybridized carbons (Fsp3) is 0.364. The first-order valence-electron chi connectivity index (χ1n) is 6.08. The molecule has 0 fully saturated rings. The Bertz CT molecular complexity index is 611. The molecule has 0 amide bonds. The number of nitrogens with one attached hydrogen (secondary N) is 2. The lowest BCUT2D eigenvalue weighted by molar-refractivity contribution is -0.384. The van der Waals surface area contributed by atoms with Crippen LogP contribution in [0.3, 0.4) is 0 Å². The molecule has 0 aromatic carbocycles. The molecule has 0 radical (unpaired) electrons. The number of aryl methyl sites for hydroxylation is 1. The SMILES string of the molecule is CCNc1ncc([N+](=O)[O-])c(NCc2ccn(C)n2)n1. The van der Waals surface area contributed by atoms with Gasteiger partial charge in [-0.05, 0) is 13.0 Å². The maximum absolute atomic E-state index is 11.0. The Labute approximate surface area is 115 Å². The Morgan fingerprint density at radius 3 is 2.85 bits per heavy atom. The molecular weight excluding hydrogens is 262 g/mol. The minimum absolute atomic E-state index is 0.164. The molecule has 0 atom stereocenters. The highest BCUT2D eigenvalue weighted by Gasteiger charge is 2.17. The van der Waals surface area contributed by atoms with Crippen molar-refractivity contribution >= 4 is 17.5 Å². The predicted octanol–water partition coefficient (Wildman–Crippen LogP) is 1.16. The summed E-state index contributed by atoms with van der Waals surface area (Å²) in [6.45, 7) is 2.88. The van der Waals surface area contributed by atoms with E-state index >= 15 is 0 Å². The summed E-state index contributed by atoms with van der Waals surface area (Å²) < 4.78 is 1.66. The van der Waals surface area contributed by atoms with Gasteiger partial charge in [-0.2, -0.15) is 10.1 Å². The lowest BCUT2D eigenvalue weighted by atomic mass is 10.4. The summed E-state index contributed by atoms with van der Waals surface area (Å²) in [6, 6.07) is 1.82. The van der Waals surface area contributed by atoms with Crippen LogP contribution in [-0.2, 0) is 13.6 Å². The van der Waals surface area contributed by atoms with Gasteiger partial charge in [-0.3, -0.25) is 14.8 Å². The summed E-state index contributed by atoms with van der Waals surface area (Å²) in [6.07, 6.45) is 2.99. The van der Waals surface area contributed by atoms with E-state index in [1.807, 2.05) is 13.0 Å². The largest absolute Gasteiger partial charge is 0.358 e. The summed E-state index contributed by atoms with van der Waals surface area (Å²) in [5.74, 6) is 0.522. The van der Waals surface area contributed by atoms with E-state index in [1.54, 1.807) is 17.9 Å². The third-order valence-electron chi connectivity index (χ3n) is 2.51. The maximum Gasteiger partial charge on any atom is 0.329 e. The number of anilines is 2. The monoisotopic (exact) mass is 277 g/mol. The van der Waals surface area contributed by atoms with E-state index in [9.17, 15) is 10.1 Å². The molecule has 2 rings (SSSR count). The van der Waals surface area contributed by atoms with Crippen LogP contribution in [0.1, 0.15) is 12.6 Å². The summed E-state index contributed by atoms with van der Waals surface area (Å²) in [5.41, 5.74) is 0.605. The molecule has 106 valence electrons. The second-order valence-corrected chi connectivity index (χ2v) is 4.05. The fourth-order valence-electron chi connectivity index (χ4n) is 1.61. The van der Waals surface area contributed by atoms with Crippen molar-refractivity contribution in [3.8, 4) is 0 Å². The lowest BCUT2D eigenvalue weighted by Crippen LogP contribution is -2.09. The topological polar surface area (TPSA) is 111 Å². The van der Waals surface area contributed by atoms with Crippen molar-refractivity contribution in [2.75, 3.05) is 17.2 Å². The minimum atomic E-state index is -0.517. The molecule has 2 aromatic rings. The van der Waals surface area contributed by atoms with E-state index in [0.29, 0.717) is 19.0 Å². The van der Waals surface area contributed by atoms with E-state index in [2.05, 4.69) is 25.7 Å². The van der Waals surface area contributed by atoms with Crippen molar-refractivity contribution in [2.24, 2.45) is 7.05 Å². The number of nitrogens with zero attached hydrogens (tertiary/aromatic N) is 5. The number of hydrogen-bond donors (Lipinski definition) is 2. The van der Waals surface area contributed by atoms with Crippen LogP contribution in [0, 0.1) is 10.1 Å². The van der Waals surface area contributed by atoms with Crippen molar-refractivity contribution < 1.29 is 4.92 Å². The summed E-state index contributed by atoms with van der Waals surface area (Å²) in [7, 11) is 1.81. The van der Waals surface area contributed by atoms with Gasteiger partial charge in [0.1, 0.15) is 6.20 Å². The van der Waals surface area contributed by atoms with Crippen molar-refractivity contribution in [3.63, 3.8) is 0 Å². The van der Waals surface area contributed by atoms with E-state index < -0.39 is 4.92 Å². The summed E-state index contributed by atoms with van der Waals surface area (Å²) in [4.78, 5) is 18.4. The zero-order valence-corrected chi connectivity index (χ0v) is 11.2. The quantitative estimate of drug-likeness (QED) is 0.602. The van der Waals surface area contributed by atoms with Gasteiger partial charge in [0.2, 0.25) is 11.8 Å². The van der Waals surface area contributed by atoms with E-state index in [4.69, 9.17) is 0 Å². The van der Waals surface area contributed by atoms with Gasteiger partial charge in [-0.15, -0.1) is 0 Å². The third kappa shape index (κ3) is 3.19. The zero-order valence-electron chi connectivity index (χ0n) is 11.2. The highest BCUT2D eigenvalue weighted by atomic mass is 16.6. The number of hydrogen-bond acceptors (Lipinski definition) is 7. The molecule has 0 aliphatic rings. The normalized spacial score (nSPS) is 10.3. The summed E-state index contributed by atoms with van der Waals surface area (Å²) in [5, 5.41) is 21.0. The molecule has 0 aliphatic carbocycles. The molecule has 2 N–H and O–H groups in total. The molecule has 9 heteroatoms. The van der Waals surface area contributed by atoms with Gasteiger partial charge in [0, 0.05) is 19.8 Å². The third-order valence-corrected chi connectivity index (χ3v) is 2.51. The molecule has 0 saturated carbocycles. The van der Waals surface area contributed by atoms with Crippen molar-refractivity contribution in [1.82, 2.24) is 19.7 Å². The van der Waals surface area contributed by atoms with Gasteiger partial charge in [-0.25, -0.2) is 4.98 Å². The van der Waals surface area contributed by atoms with Crippen LogP contribution in [0.2, 0.25) is 0 Å². The van der Waals surface area contributed by atoms with E-state index in [0.717, 1.165) is 5.69 Å². The molecule has 0 spiro atoms. The van der Waals surface area contributed by atoms with Crippen molar-refractivity contribution in [1.29, 1.82) is 0 Å². The van der Waals surface area contributed by atoms with Crippen LogP contribution in [-0.4, -0.2) is 31.2 Å². The molecule has 9 nitrogen and oxygen atoms in total. The molecule has 20 heavy (non-hydrogen) atoms. The maximum atomic E-state index is 11.0. The minimum Gasteiger partial charge on any atom is -0.358 e. The molecule has 0 bridgehead atoms. The molecular formula is C11H15N7O2. The Hall–Kier alpha value is -2.71. The van der Waals surface area contributed by atoms with Crippen LogP contribution >= 0.6 is 0 Å². The first-order valence-corrected chi connectivity index (χ1v) is 6.08. The average Bonchev–Trinajstić information content (AvgIpc) is 2.82. The highest BCUT2D eigenvalue weighted by Crippen LogP contribution is 2.22. The van der Waals surface area contributed by atoms with Gasteiger partial charge < -0.3 is 10.6 Å². The van der Waals surface area contributed by atoms with Crippen LogP contribution < -0.4 is 10.6 Å². The van der Waals surface area contributed by atoms with E-state index in [-0.39, 0.29) is 11.5 Å². The average molecular weight is 277 g/mol. The van der Waals surface area contributed by atoms with Crippen molar-refractivity contribution in [2.45, 2.75) is 13.5 Å². The standard InChI is InChI=1S/C11H15N7O2/c1-3-12-11-14-7-9(18(19)20)10(15-11)13-6-8-4-5-17(2)16-8/h4-5,7H,3,6H2,1-2H3,(H2,12,13,14,15). The van der Waals surface area contributed by atoms with Gasteiger partial charge in [0.05, 0.1) is 17.2 Å². The second-order valence-electron chi connectivity index (χ2n) is 4.05. The van der Waals surface area contributed by atoms with Gasteiger partial charge in [-0.1, -0.05) is 0 Å². The van der Waals surface area contributed by atoms with Crippen LogP contribution in [0.5, 0.6) is 0 Å². The number of rotatable bonds is 6. The van der Waals surface area contributed by atoms with Gasteiger partial charge in [0.25, 0.3) is 0 Å². The number of aromatic nitrogens is 4. The first kappa shape index (κ1) is 13.7. The molecule has 0 saturated heterocycles. The molecule has 0 aliphatic heterocycles. The molecule has 0 unspecified atom stereocenters. The van der Waals surface area contributed by atoms with Crippen molar-refractivity contribution in [3.05, 3.63) is 34.3 Å². The van der Waals surface area contributed by atoms with Crippen LogP contribution in [0.15, 0.2) is 18.5 Å². The Morgan fingerprint density at radius 2 is 2.25 bits per heavy atom. The van der Waals surface area contributed by atoms with Crippen LogP contribution in [0.4, 0.5) is 17.5 Å². The Balaban J connectivity index is 2.18. The Morgan fingerprint density at radius 1 is 1.45 bits per heavy atom. The van der Waals surface area contributed by atoms with Crippen LogP contribution in [0.25, 0.3) is 0 Å². The first-order chi connectivity index (χ1) is 9.60. The van der Waals surface area contributed by atoms with Gasteiger partial charge in [0.15, 0.2) is 0 Å². The predicted molar refractivity (Wildman–Crippen MR) is 73.4 cm³/mol. The van der Waals surface area contributed by atoms with E-state index in [1.165, 1.54) is 6.20 Å². The smallest absolute Gasteiger partial charge is 0.329 e. The summed E-state index contributed by atoms with van der Waals surface area (Å²) >= 11 is 0. The van der Waals surface area contributed by atoms with Gasteiger partial charge >= 0.3 is 5.69 Å². The fourth-order valence-corrected chi connectivity index (χ4v) is 1.61.